The van der Waals surface area contributed by atoms with E-state index >= 15 is 0 Å². The van der Waals surface area contributed by atoms with Crippen LogP contribution in [-0.2, 0) is 4.79 Å². The van der Waals surface area contributed by atoms with E-state index in [9.17, 15) is 9.59 Å². The maximum absolute atomic E-state index is 12.3. The Balaban J connectivity index is 1.75. The van der Waals surface area contributed by atoms with E-state index in [1.54, 1.807) is 35.6 Å². The van der Waals surface area contributed by atoms with Gasteiger partial charge in [0.2, 0.25) is 5.91 Å². The molecule has 0 aliphatic rings. The molecule has 2 aromatic carbocycles. The van der Waals surface area contributed by atoms with Gasteiger partial charge in [0.15, 0.2) is 0 Å². The van der Waals surface area contributed by atoms with Crippen molar-refractivity contribution in [2.24, 2.45) is 0 Å². The van der Waals surface area contributed by atoms with Crippen molar-refractivity contribution in [1.29, 1.82) is 0 Å². The lowest BCUT2D eigenvalue weighted by molar-refractivity contribution is -0.114. The van der Waals surface area contributed by atoms with Crippen molar-refractivity contribution in [1.82, 2.24) is 4.98 Å². The van der Waals surface area contributed by atoms with Gasteiger partial charge in [-0.2, -0.15) is 0 Å². The Bertz CT molecular complexity index is 884. The van der Waals surface area contributed by atoms with E-state index in [4.69, 9.17) is 0 Å². The Hall–Kier alpha value is -2.73. The van der Waals surface area contributed by atoms with Crippen LogP contribution in [0.3, 0.4) is 0 Å². The SMILES string of the molecule is CC(=O)Nc1ccc(C(=O)Nc2ccc3nc(C)sc3c2)cc1. The molecule has 0 saturated carbocycles. The molecule has 0 spiro atoms. The largest absolute Gasteiger partial charge is 0.326 e. The first-order chi connectivity index (χ1) is 11.0. The van der Waals surface area contributed by atoms with Gasteiger partial charge in [0, 0.05) is 23.9 Å². The van der Waals surface area contributed by atoms with Crippen LogP contribution < -0.4 is 10.6 Å². The van der Waals surface area contributed by atoms with Gasteiger partial charge in [-0.3, -0.25) is 9.59 Å². The van der Waals surface area contributed by atoms with E-state index in [-0.39, 0.29) is 11.8 Å². The lowest BCUT2D eigenvalue weighted by atomic mass is 10.2. The summed E-state index contributed by atoms with van der Waals surface area (Å²) in [5.41, 5.74) is 2.86. The van der Waals surface area contributed by atoms with Gasteiger partial charge in [0.1, 0.15) is 0 Å². The number of rotatable bonds is 3. The molecule has 1 heterocycles. The molecule has 0 aliphatic heterocycles. The number of thiazole rings is 1. The summed E-state index contributed by atoms with van der Waals surface area (Å²) in [5, 5.41) is 6.54. The number of hydrogen-bond acceptors (Lipinski definition) is 4. The number of hydrogen-bond donors (Lipinski definition) is 2. The molecule has 23 heavy (non-hydrogen) atoms. The maximum Gasteiger partial charge on any atom is 0.255 e. The molecule has 0 fully saturated rings. The number of carbonyl (C=O) groups is 2. The zero-order valence-corrected chi connectivity index (χ0v) is 13.5. The standard InChI is InChI=1S/C17H15N3O2S/c1-10(21)18-13-5-3-12(4-6-13)17(22)20-14-7-8-15-16(9-14)23-11(2)19-15/h3-9H,1-2H3,(H,18,21)(H,20,22). The molecular formula is C17H15N3O2S. The number of benzene rings is 2. The molecular weight excluding hydrogens is 310 g/mol. The van der Waals surface area contributed by atoms with Gasteiger partial charge in [0.25, 0.3) is 5.91 Å². The van der Waals surface area contributed by atoms with Crippen molar-refractivity contribution in [2.75, 3.05) is 10.6 Å². The predicted molar refractivity (Wildman–Crippen MR) is 93.1 cm³/mol. The molecule has 2 N–H and O–H groups in total. The zero-order valence-electron chi connectivity index (χ0n) is 12.7. The summed E-state index contributed by atoms with van der Waals surface area (Å²) < 4.78 is 1.04. The van der Waals surface area contributed by atoms with Crippen LogP contribution in [0.15, 0.2) is 42.5 Å². The smallest absolute Gasteiger partial charge is 0.255 e. The quantitative estimate of drug-likeness (QED) is 0.769. The van der Waals surface area contributed by atoms with Crippen LogP contribution >= 0.6 is 11.3 Å². The van der Waals surface area contributed by atoms with Crippen LogP contribution in [0.25, 0.3) is 10.2 Å². The molecule has 0 saturated heterocycles. The van der Waals surface area contributed by atoms with Crippen molar-refractivity contribution >= 4 is 44.7 Å². The zero-order chi connectivity index (χ0) is 16.4. The first kappa shape index (κ1) is 15.2. The van der Waals surface area contributed by atoms with Crippen LogP contribution in [0.2, 0.25) is 0 Å². The summed E-state index contributed by atoms with van der Waals surface area (Å²) >= 11 is 1.59. The Morgan fingerprint density at radius 1 is 1.00 bits per heavy atom. The fourth-order valence-electron chi connectivity index (χ4n) is 2.23. The number of fused-ring (bicyclic) bond motifs is 1. The minimum absolute atomic E-state index is 0.143. The van der Waals surface area contributed by atoms with Crippen molar-refractivity contribution in [3.05, 3.63) is 53.0 Å². The second-order valence-electron chi connectivity index (χ2n) is 5.13. The lowest BCUT2D eigenvalue weighted by Crippen LogP contribution is -2.12. The molecule has 2 amide bonds. The molecule has 0 unspecified atom stereocenters. The van der Waals surface area contributed by atoms with E-state index in [0.29, 0.717) is 11.3 Å². The topological polar surface area (TPSA) is 71.1 Å². The Morgan fingerprint density at radius 2 is 1.70 bits per heavy atom. The number of aryl methyl sites for hydroxylation is 1. The highest BCUT2D eigenvalue weighted by Crippen LogP contribution is 2.25. The Kier molecular flexibility index (Phi) is 4.08. The third-order valence-electron chi connectivity index (χ3n) is 3.22. The third-order valence-corrected chi connectivity index (χ3v) is 4.15. The van der Waals surface area contributed by atoms with Gasteiger partial charge in [-0.05, 0) is 49.4 Å². The summed E-state index contributed by atoms with van der Waals surface area (Å²) in [6.07, 6.45) is 0. The van der Waals surface area contributed by atoms with E-state index in [0.717, 1.165) is 20.9 Å². The highest BCUT2D eigenvalue weighted by molar-refractivity contribution is 7.18. The molecule has 0 bridgehead atoms. The number of nitrogens with zero attached hydrogens (tertiary/aromatic N) is 1. The number of amides is 2. The van der Waals surface area contributed by atoms with Gasteiger partial charge in [-0.25, -0.2) is 4.98 Å². The summed E-state index contributed by atoms with van der Waals surface area (Å²) in [5.74, 6) is -0.338. The highest BCUT2D eigenvalue weighted by atomic mass is 32.1. The molecule has 116 valence electrons. The minimum Gasteiger partial charge on any atom is -0.326 e. The first-order valence-electron chi connectivity index (χ1n) is 7.07. The van der Waals surface area contributed by atoms with Gasteiger partial charge in [-0.1, -0.05) is 0 Å². The fraction of sp³-hybridized carbons (Fsp3) is 0.118. The van der Waals surface area contributed by atoms with Crippen LogP contribution in [0.1, 0.15) is 22.3 Å². The number of aromatic nitrogens is 1. The molecule has 0 atom stereocenters. The summed E-state index contributed by atoms with van der Waals surface area (Å²) in [7, 11) is 0. The summed E-state index contributed by atoms with van der Waals surface area (Å²) in [6.45, 7) is 3.40. The fourth-order valence-corrected chi connectivity index (χ4v) is 3.10. The number of carbonyl (C=O) groups excluding carboxylic acids is 2. The van der Waals surface area contributed by atoms with Gasteiger partial charge < -0.3 is 10.6 Å². The summed E-state index contributed by atoms with van der Waals surface area (Å²) in [6, 6.07) is 12.4. The van der Waals surface area contributed by atoms with E-state index in [1.165, 1.54) is 6.92 Å². The Labute approximate surface area is 137 Å². The van der Waals surface area contributed by atoms with Gasteiger partial charge >= 0.3 is 0 Å². The molecule has 5 nitrogen and oxygen atoms in total. The van der Waals surface area contributed by atoms with E-state index in [1.807, 2.05) is 25.1 Å². The normalized spacial score (nSPS) is 10.5. The number of nitrogens with one attached hydrogen (secondary N) is 2. The maximum atomic E-state index is 12.3. The molecule has 0 aliphatic carbocycles. The average molecular weight is 325 g/mol. The second kappa shape index (κ2) is 6.18. The van der Waals surface area contributed by atoms with Crippen molar-refractivity contribution in [2.45, 2.75) is 13.8 Å². The van der Waals surface area contributed by atoms with Gasteiger partial charge in [0.05, 0.1) is 15.2 Å². The van der Waals surface area contributed by atoms with Crippen LogP contribution in [-0.4, -0.2) is 16.8 Å². The summed E-state index contributed by atoms with van der Waals surface area (Å²) in [4.78, 5) is 27.7. The van der Waals surface area contributed by atoms with Crippen LogP contribution in [0.5, 0.6) is 0 Å². The predicted octanol–water partition coefficient (Wildman–Crippen LogP) is 3.82. The number of anilines is 2. The van der Waals surface area contributed by atoms with Crippen molar-refractivity contribution in [3.8, 4) is 0 Å². The molecule has 1 aromatic heterocycles. The molecule has 3 aromatic rings. The highest BCUT2D eigenvalue weighted by Gasteiger charge is 2.08. The molecule has 0 radical (unpaired) electrons. The lowest BCUT2D eigenvalue weighted by Gasteiger charge is -2.06. The second-order valence-corrected chi connectivity index (χ2v) is 6.36. The average Bonchev–Trinajstić information content (AvgIpc) is 2.86. The monoisotopic (exact) mass is 325 g/mol. The first-order valence-corrected chi connectivity index (χ1v) is 7.89. The van der Waals surface area contributed by atoms with Gasteiger partial charge in [-0.15, -0.1) is 11.3 Å². The minimum atomic E-state index is -0.194. The Morgan fingerprint density at radius 3 is 2.39 bits per heavy atom. The van der Waals surface area contributed by atoms with Crippen molar-refractivity contribution < 1.29 is 9.59 Å². The van der Waals surface area contributed by atoms with Crippen LogP contribution in [0.4, 0.5) is 11.4 Å². The van der Waals surface area contributed by atoms with E-state index in [2.05, 4.69) is 15.6 Å². The molecule has 6 heteroatoms. The molecule has 3 rings (SSSR count). The van der Waals surface area contributed by atoms with Crippen LogP contribution in [0, 0.1) is 6.92 Å². The van der Waals surface area contributed by atoms with Crippen molar-refractivity contribution in [3.63, 3.8) is 0 Å². The van der Waals surface area contributed by atoms with E-state index < -0.39 is 0 Å². The third kappa shape index (κ3) is 3.54.